The molecule has 0 aromatic heterocycles. The highest BCUT2D eigenvalue weighted by atomic mass is 32.2. The van der Waals surface area contributed by atoms with Crippen LogP contribution in [-0.2, 0) is 19.1 Å². The second-order valence-corrected chi connectivity index (χ2v) is 6.94. The zero-order valence-corrected chi connectivity index (χ0v) is 14.9. The Morgan fingerprint density at radius 1 is 1.29 bits per heavy atom. The highest BCUT2D eigenvalue weighted by Crippen LogP contribution is 2.25. The van der Waals surface area contributed by atoms with E-state index in [4.69, 9.17) is 4.74 Å². The molecule has 0 fully saturated rings. The van der Waals surface area contributed by atoms with Crippen molar-refractivity contribution < 1.29 is 24.2 Å². The lowest BCUT2D eigenvalue weighted by atomic mass is 10.0. The monoisotopic (exact) mass is 354 g/mol. The molecule has 0 saturated heterocycles. The first-order chi connectivity index (χ1) is 11.2. The summed E-state index contributed by atoms with van der Waals surface area (Å²) in [6, 6.07) is 7.04. The van der Waals surface area contributed by atoms with E-state index in [1.165, 1.54) is 32.7 Å². The molecule has 7 nitrogen and oxygen atoms in total. The maximum atomic E-state index is 12.2. The number of amides is 2. The van der Waals surface area contributed by atoms with Gasteiger partial charge >= 0.3 is 5.97 Å². The smallest absolute Gasteiger partial charge is 0.331 e. The number of hydrogen-bond acceptors (Lipinski definition) is 5. The van der Waals surface area contributed by atoms with Gasteiger partial charge in [-0.15, -0.1) is 11.8 Å². The Morgan fingerprint density at radius 3 is 2.33 bits per heavy atom. The number of thioether (sulfide) groups is 1. The van der Waals surface area contributed by atoms with Crippen molar-refractivity contribution in [1.82, 2.24) is 5.32 Å². The molecule has 0 aliphatic carbocycles. The molecule has 0 saturated carbocycles. The first-order valence-electron chi connectivity index (χ1n) is 7.26. The van der Waals surface area contributed by atoms with E-state index in [1.807, 2.05) is 0 Å². The van der Waals surface area contributed by atoms with Gasteiger partial charge in [-0.3, -0.25) is 9.59 Å². The minimum Gasteiger partial charge on any atom is -0.479 e. The Morgan fingerprint density at radius 2 is 1.88 bits per heavy atom. The van der Waals surface area contributed by atoms with E-state index in [9.17, 15) is 19.5 Å². The summed E-state index contributed by atoms with van der Waals surface area (Å²) in [5.41, 5.74) is -0.807. The molecule has 0 aliphatic heterocycles. The fourth-order valence-corrected chi connectivity index (χ4v) is 2.76. The predicted octanol–water partition coefficient (Wildman–Crippen LogP) is 1.73. The van der Waals surface area contributed by atoms with Crippen LogP contribution < -0.4 is 10.6 Å². The summed E-state index contributed by atoms with van der Waals surface area (Å²) in [7, 11) is 1.38. The van der Waals surface area contributed by atoms with E-state index < -0.39 is 22.7 Å². The van der Waals surface area contributed by atoms with Crippen molar-refractivity contribution in [3.8, 4) is 0 Å². The maximum absolute atomic E-state index is 12.2. The van der Waals surface area contributed by atoms with Crippen LogP contribution in [0.25, 0.3) is 0 Å². The van der Waals surface area contributed by atoms with E-state index in [-0.39, 0.29) is 12.5 Å². The Balaban J connectivity index is 2.69. The minimum absolute atomic E-state index is 0.128. The number of benzene rings is 1. The molecule has 0 heterocycles. The van der Waals surface area contributed by atoms with Crippen molar-refractivity contribution in [3.05, 3.63) is 24.3 Å². The molecule has 0 aliphatic rings. The summed E-state index contributed by atoms with van der Waals surface area (Å²) in [4.78, 5) is 35.4. The molecule has 1 rings (SSSR count). The van der Waals surface area contributed by atoms with Gasteiger partial charge < -0.3 is 20.5 Å². The summed E-state index contributed by atoms with van der Waals surface area (Å²) in [6.07, 6.45) is 0. The normalized spacial score (nSPS) is 14.3. The second kappa shape index (κ2) is 8.70. The van der Waals surface area contributed by atoms with Gasteiger partial charge in [0.1, 0.15) is 0 Å². The van der Waals surface area contributed by atoms with Gasteiger partial charge in [0.05, 0.1) is 11.9 Å². The summed E-state index contributed by atoms with van der Waals surface area (Å²) in [5, 5.41) is 13.9. The van der Waals surface area contributed by atoms with Gasteiger partial charge in [-0.25, -0.2) is 4.79 Å². The number of nitrogens with one attached hydrogen (secondary N) is 2. The third-order valence-electron chi connectivity index (χ3n) is 3.16. The Hall–Kier alpha value is -2.06. The number of carboxylic acids is 1. The fraction of sp³-hybridized carbons (Fsp3) is 0.438. The van der Waals surface area contributed by atoms with Crippen molar-refractivity contribution >= 4 is 35.2 Å². The van der Waals surface area contributed by atoms with Gasteiger partial charge in [0.25, 0.3) is 0 Å². The Bertz CT molecular complexity index is 605. The number of rotatable bonds is 8. The quantitative estimate of drug-likeness (QED) is 0.614. The Kier molecular flexibility index (Phi) is 7.24. The fourth-order valence-electron chi connectivity index (χ4n) is 1.89. The zero-order valence-electron chi connectivity index (χ0n) is 14.1. The predicted molar refractivity (Wildman–Crippen MR) is 92.1 cm³/mol. The van der Waals surface area contributed by atoms with E-state index in [2.05, 4.69) is 10.6 Å². The van der Waals surface area contributed by atoms with Crippen molar-refractivity contribution in [2.75, 3.05) is 19.0 Å². The highest BCUT2D eigenvalue weighted by molar-refractivity contribution is 8.00. The van der Waals surface area contributed by atoms with Crippen LogP contribution in [0.4, 0.5) is 5.69 Å². The number of methoxy groups -OCH3 is 1. The van der Waals surface area contributed by atoms with Crippen molar-refractivity contribution in [1.29, 1.82) is 0 Å². The average molecular weight is 354 g/mol. The summed E-state index contributed by atoms with van der Waals surface area (Å²) >= 11 is 1.29. The number of carbonyl (C=O) groups excluding carboxylic acids is 2. The van der Waals surface area contributed by atoms with Gasteiger partial charge in [0, 0.05) is 24.6 Å². The highest BCUT2D eigenvalue weighted by Gasteiger charge is 2.36. The minimum atomic E-state index is -1.48. The van der Waals surface area contributed by atoms with Gasteiger partial charge in [-0.1, -0.05) is 0 Å². The van der Waals surface area contributed by atoms with Gasteiger partial charge in [-0.2, -0.15) is 0 Å². The SMILES string of the molecule is COCC(C)(NC(=O)C(C)Sc1ccc(NC(C)=O)cc1)C(=O)O. The van der Waals surface area contributed by atoms with Crippen molar-refractivity contribution in [2.24, 2.45) is 0 Å². The summed E-state index contributed by atoms with van der Waals surface area (Å²) in [5.74, 6) is -1.71. The molecule has 2 unspecified atom stereocenters. The van der Waals surface area contributed by atoms with Gasteiger partial charge in [-0.05, 0) is 38.1 Å². The number of aliphatic carboxylic acids is 1. The van der Waals surface area contributed by atoms with Gasteiger partial charge in [0.15, 0.2) is 5.54 Å². The van der Waals surface area contributed by atoms with Crippen LogP contribution in [0.15, 0.2) is 29.2 Å². The first kappa shape index (κ1) is 20.0. The van der Waals surface area contributed by atoms with Crippen LogP contribution in [0.5, 0.6) is 0 Å². The Labute approximate surface area is 145 Å². The summed E-state index contributed by atoms with van der Waals surface area (Å²) in [6.45, 7) is 4.39. The third-order valence-corrected chi connectivity index (χ3v) is 4.27. The zero-order chi connectivity index (χ0) is 18.3. The lowest BCUT2D eigenvalue weighted by Crippen LogP contribution is -2.56. The van der Waals surface area contributed by atoms with Crippen LogP contribution >= 0.6 is 11.8 Å². The van der Waals surface area contributed by atoms with Crippen LogP contribution in [0.2, 0.25) is 0 Å². The number of anilines is 1. The van der Waals surface area contributed by atoms with E-state index >= 15 is 0 Å². The van der Waals surface area contributed by atoms with Crippen LogP contribution in [0.3, 0.4) is 0 Å². The molecule has 2 atom stereocenters. The van der Waals surface area contributed by atoms with Crippen molar-refractivity contribution in [3.63, 3.8) is 0 Å². The molecule has 0 radical (unpaired) electrons. The largest absolute Gasteiger partial charge is 0.479 e. The van der Waals surface area contributed by atoms with Crippen LogP contribution in [-0.4, -0.2) is 47.4 Å². The molecule has 0 bridgehead atoms. The lowest BCUT2D eigenvalue weighted by molar-refractivity contribution is -0.149. The number of ether oxygens (including phenoxy) is 1. The molecule has 1 aromatic rings. The third kappa shape index (κ3) is 5.86. The number of carboxylic acid groups (broad SMARTS) is 1. The van der Waals surface area contributed by atoms with E-state index in [0.717, 1.165) is 4.90 Å². The molecule has 2 amide bonds. The molecular weight excluding hydrogens is 332 g/mol. The molecule has 8 heteroatoms. The second-order valence-electron chi connectivity index (χ2n) is 5.53. The average Bonchev–Trinajstić information content (AvgIpc) is 2.48. The number of carbonyl (C=O) groups is 3. The van der Waals surface area contributed by atoms with Crippen LogP contribution in [0.1, 0.15) is 20.8 Å². The first-order valence-corrected chi connectivity index (χ1v) is 8.14. The van der Waals surface area contributed by atoms with Gasteiger partial charge in [0.2, 0.25) is 11.8 Å². The molecule has 3 N–H and O–H groups in total. The summed E-state index contributed by atoms with van der Waals surface area (Å²) < 4.78 is 4.88. The number of hydrogen-bond donors (Lipinski definition) is 3. The molecule has 24 heavy (non-hydrogen) atoms. The molecule has 0 spiro atoms. The molecule has 1 aromatic carbocycles. The van der Waals surface area contributed by atoms with E-state index in [1.54, 1.807) is 31.2 Å². The standard InChI is InChI=1S/C16H22N2O5S/c1-10(14(20)18-16(3,9-23-4)15(21)22)24-13-7-5-12(6-8-13)17-11(2)19/h5-8,10H,9H2,1-4H3,(H,17,19)(H,18,20)(H,21,22). The topological polar surface area (TPSA) is 105 Å². The van der Waals surface area contributed by atoms with Crippen LogP contribution in [0, 0.1) is 0 Å². The lowest BCUT2D eigenvalue weighted by Gasteiger charge is -2.26. The molecular formula is C16H22N2O5S. The van der Waals surface area contributed by atoms with Crippen molar-refractivity contribution in [2.45, 2.75) is 36.5 Å². The molecule has 132 valence electrons. The van der Waals surface area contributed by atoms with E-state index in [0.29, 0.717) is 5.69 Å². The maximum Gasteiger partial charge on any atom is 0.331 e.